The van der Waals surface area contributed by atoms with E-state index in [2.05, 4.69) is 0 Å². The summed E-state index contributed by atoms with van der Waals surface area (Å²) in [6.07, 6.45) is -1.29. The van der Waals surface area contributed by atoms with Gasteiger partial charge in [-0.05, 0) is 43.7 Å². The van der Waals surface area contributed by atoms with Crippen molar-refractivity contribution in [2.75, 3.05) is 4.90 Å². The maximum absolute atomic E-state index is 12.8. The number of rotatable bonds is 4. The summed E-state index contributed by atoms with van der Waals surface area (Å²) in [6.45, 7) is 3.04. The van der Waals surface area contributed by atoms with Crippen molar-refractivity contribution in [1.29, 1.82) is 0 Å². The monoisotopic (exact) mass is 395 g/mol. The molecule has 148 valence electrons. The zero-order valence-corrected chi connectivity index (χ0v) is 15.6. The Labute approximate surface area is 165 Å². The van der Waals surface area contributed by atoms with Crippen LogP contribution in [0.25, 0.3) is 0 Å². The van der Waals surface area contributed by atoms with Crippen LogP contribution in [0.2, 0.25) is 0 Å². The van der Waals surface area contributed by atoms with Gasteiger partial charge in [-0.15, -0.1) is 0 Å². The van der Waals surface area contributed by atoms with Gasteiger partial charge in [0.1, 0.15) is 0 Å². The van der Waals surface area contributed by atoms with E-state index in [9.17, 15) is 24.0 Å². The molecule has 2 aromatic carbocycles. The number of nitrogens with two attached hydrogens (primary N) is 1. The molecule has 9 heteroatoms. The fraction of sp³-hybridized carbons (Fsp3) is 0.150. The number of imide groups is 2. The van der Waals surface area contributed by atoms with Crippen LogP contribution in [0, 0.1) is 6.92 Å². The number of aryl methyl sites for hydroxylation is 1. The van der Waals surface area contributed by atoms with Gasteiger partial charge >= 0.3 is 12.0 Å². The minimum Gasteiger partial charge on any atom is -0.449 e. The Morgan fingerprint density at radius 2 is 1.69 bits per heavy atom. The highest BCUT2D eigenvalue weighted by Crippen LogP contribution is 2.31. The van der Waals surface area contributed by atoms with E-state index in [1.165, 1.54) is 25.1 Å². The number of nitrogens with one attached hydrogen (secondary N) is 1. The first-order valence-electron chi connectivity index (χ1n) is 8.60. The molecule has 29 heavy (non-hydrogen) atoms. The second kappa shape index (κ2) is 7.55. The number of fused-ring (bicyclic) bond motifs is 1. The first kappa shape index (κ1) is 19.7. The fourth-order valence-electron chi connectivity index (χ4n) is 2.91. The first-order valence-corrected chi connectivity index (χ1v) is 8.60. The summed E-state index contributed by atoms with van der Waals surface area (Å²) in [6, 6.07) is 9.80. The van der Waals surface area contributed by atoms with E-state index >= 15 is 0 Å². The molecule has 0 radical (unpaired) electrons. The molecule has 1 aliphatic rings. The van der Waals surface area contributed by atoms with Gasteiger partial charge in [-0.3, -0.25) is 19.7 Å². The predicted molar refractivity (Wildman–Crippen MR) is 101 cm³/mol. The number of amides is 5. The number of hydrogen-bond donors (Lipinski definition) is 2. The van der Waals surface area contributed by atoms with E-state index in [1.807, 2.05) is 0 Å². The molecule has 3 rings (SSSR count). The van der Waals surface area contributed by atoms with Gasteiger partial charge in [0, 0.05) is 0 Å². The highest BCUT2D eigenvalue weighted by molar-refractivity contribution is 6.34. The third-order valence-electron chi connectivity index (χ3n) is 4.38. The Bertz CT molecular complexity index is 1060. The summed E-state index contributed by atoms with van der Waals surface area (Å²) >= 11 is 0. The third kappa shape index (κ3) is 3.70. The number of primary amides is 1. The molecule has 1 atom stereocenters. The number of ether oxygens (including phenoxy) is 1. The van der Waals surface area contributed by atoms with Crippen LogP contribution < -0.4 is 16.0 Å². The van der Waals surface area contributed by atoms with Crippen molar-refractivity contribution in [3.63, 3.8) is 0 Å². The zero-order chi connectivity index (χ0) is 21.3. The molecule has 0 aliphatic carbocycles. The quantitative estimate of drug-likeness (QED) is 0.595. The number of carbonyl (C=O) groups excluding carboxylic acids is 5. The third-order valence-corrected chi connectivity index (χ3v) is 4.38. The molecule has 0 spiro atoms. The average molecular weight is 395 g/mol. The van der Waals surface area contributed by atoms with E-state index in [0.29, 0.717) is 5.69 Å². The van der Waals surface area contributed by atoms with Gasteiger partial charge in [0.2, 0.25) is 0 Å². The van der Waals surface area contributed by atoms with Crippen molar-refractivity contribution >= 4 is 35.4 Å². The van der Waals surface area contributed by atoms with Crippen LogP contribution in [-0.4, -0.2) is 35.8 Å². The van der Waals surface area contributed by atoms with Gasteiger partial charge in [-0.1, -0.05) is 18.2 Å². The van der Waals surface area contributed by atoms with Crippen LogP contribution >= 0.6 is 0 Å². The Morgan fingerprint density at radius 3 is 2.34 bits per heavy atom. The highest BCUT2D eigenvalue weighted by Gasteiger charge is 2.38. The summed E-state index contributed by atoms with van der Waals surface area (Å²) in [7, 11) is 0. The number of urea groups is 1. The number of hydrogen-bond acceptors (Lipinski definition) is 6. The zero-order valence-electron chi connectivity index (χ0n) is 15.6. The van der Waals surface area contributed by atoms with Crippen molar-refractivity contribution < 1.29 is 28.7 Å². The summed E-state index contributed by atoms with van der Waals surface area (Å²) in [4.78, 5) is 61.2. The maximum Gasteiger partial charge on any atom is 0.338 e. The number of para-hydroxylation sites is 1. The summed E-state index contributed by atoms with van der Waals surface area (Å²) < 4.78 is 4.98. The largest absolute Gasteiger partial charge is 0.449 e. The lowest BCUT2D eigenvalue weighted by Gasteiger charge is -2.16. The van der Waals surface area contributed by atoms with Crippen LogP contribution in [0.15, 0.2) is 42.5 Å². The number of carbonyl (C=O) groups is 5. The Hall–Kier alpha value is -4.01. The lowest BCUT2D eigenvalue weighted by atomic mass is 10.1. The molecule has 0 saturated heterocycles. The number of benzene rings is 2. The van der Waals surface area contributed by atoms with Gasteiger partial charge in [0.25, 0.3) is 17.7 Å². The maximum atomic E-state index is 12.8. The molecular weight excluding hydrogens is 378 g/mol. The van der Waals surface area contributed by atoms with E-state index in [0.717, 1.165) is 10.5 Å². The smallest absolute Gasteiger partial charge is 0.338 e. The second-order valence-electron chi connectivity index (χ2n) is 6.39. The van der Waals surface area contributed by atoms with Crippen LogP contribution in [0.4, 0.5) is 10.5 Å². The fourth-order valence-corrected chi connectivity index (χ4v) is 2.91. The minimum atomic E-state index is -1.29. The molecule has 5 amide bonds. The molecule has 0 aromatic heterocycles. The molecule has 9 nitrogen and oxygen atoms in total. The molecule has 0 saturated carbocycles. The van der Waals surface area contributed by atoms with Crippen LogP contribution in [0.1, 0.15) is 43.6 Å². The number of nitrogens with zero attached hydrogens (tertiary/aromatic N) is 1. The van der Waals surface area contributed by atoms with Crippen molar-refractivity contribution in [3.8, 4) is 0 Å². The molecule has 0 fully saturated rings. The normalized spacial score (nSPS) is 13.7. The first-order chi connectivity index (χ1) is 13.7. The van der Waals surface area contributed by atoms with Crippen LogP contribution in [0.5, 0.6) is 0 Å². The number of esters is 1. The van der Waals surface area contributed by atoms with Crippen LogP contribution in [0.3, 0.4) is 0 Å². The van der Waals surface area contributed by atoms with Gasteiger partial charge in [0.05, 0.1) is 22.4 Å². The Balaban J connectivity index is 1.85. The minimum absolute atomic E-state index is 0.0183. The van der Waals surface area contributed by atoms with Gasteiger partial charge in [-0.2, -0.15) is 0 Å². The second-order valence-corrected chi connectivity index (χ2v) is 6.39. The van der Waals surface area contributed by atoms with Gasteiger partial charge in [-0.25, -0.2) is 14.5 Å². The molecule has 3 N–H and O–H groups in total. The topological polar surface area (TPSA) is 136 Å². The van der Waals surface area contributed by atoms with E-state index < -0.39 is 35.8 Å². The standard InChI is InChI=1S/C20H17N3O6/c1-10-5-3-4-6-15(10)23-17(25)13-8-7-12(9-14(13)18(23)26)19(27)29-11(2)16(24)22-20(21)28/h3-9,11H,1-2H3,(H3,21,22,24,28)/t11-/m1/s1. The Kier molecular flexibility index (Phi) is 5.14. The van der Waals surface area contributed by atoms with E-state index in [4.69, 9.17) is 10.5 Å². The molecule has 1 heterocycles. The number of anilines is 1. The Morgan fingerprint density at radius 1 is 1.03 bits per heavy atom. The summed E-state index contributed by atoms with van der Waals surface area (Å²) in [5.74, 6) is -2.83. The van der Waals surface area contributed by atoms with Crippen molar-refractivity contribution in [1.82, 2.24) is 5.32 Å². The van der Waals surface area contributed by atoms with Crippen molar-refractivity contribution in [2.45, 2.75) is 20.0 Å². The van der Waals surface area contributed by atoms with Gasteiger partial charge < -0.3 is 10.5 Å². The predicted octanol–water partition coefficient (Wildman–Crippen LogP) is 1.54. The van der Waals surface area contributed by atoms with Crippen molar-refractivity contribution in [3.05, 3.63) is 64.7 Å². The summed E-state index contributed by atoms with van der Waals surface area (Å²) in [5.41, 5.74) is 6.25. The molecule has 2 aromatic rings. The molecule has 1 aliphatic heterocycles. The van der Waals surface area contributed by atoms with Crippen molar-refractivity contribution in [2.24, 2.45) is 5.73 Å². The SMILES string of the molecule is Cc1ccccc1N1C(=O)c2ccc(C(=O)O[C@H](C)C(=O)NC(N)=O)cc2C1=O. The average Bonchev–Trinajstić information content (AvgIpc) is 2.92. The van der Waals surface area contributed by atoms with E-state index in [1.54, 1.807) is 36.5 Å². The van der Waals surface area contributed by atoms with Gasteiger partial charge in [0.15, 0.2) is 6.10 Å². The molecular formula is C20H17N3O6. The lowest BCUT2D eigenvalue weighted by molar-refractivity contribution is -0.127. The molecule has 0 unspecified atom stereocenters. The highest BCUT2D eigenvalue weighted by atomic mass is 16.5. The van der Waals surface area contributed by atoms with E-state index in [-0.39, 0.29) is 16.7 Å². The summed E-state index contributed by atoms with van der Waals surface area (Å²) in [5, 5.41) is 1.80. The lowest BCUT2D eigenvalue weighted by Crippen LogP contribution is -2.42. The van der Waals surface area contributed by atoms with Crippen LogP contribution in [-0.2, 0) is 9.53 Å². The molecule has 0 bridgehead atoms.